The van der Waals surface area contributed by atoms with Crippen LogP contribution in [-0.2, 0) is 6.54 Å². The van der Waals surface area contributed by atoms with E-state index in [1.165, 1.54) is 5.56 Å². The highest BCUT2D eigenvalue weighted by atomic mass is 16.3. The van der Waals surface area contributed by atoms with Crippen molar-refractivity contribution in [1.82, 2.24) is 24.5 Å². The van der Waals surface area contributed by atoms with Crippen molar-refractivity contribution in [2.24, 2.45) is 4.99 Å². The summed E-state index contributed by atoms with van der Waals surface area (Å²) in [4.78, 5) is 18.5. The Morgan fingerprint density at radius 3 is 2.74 bits per heavy atom. The second kappa shape index (κ2) is 8.31. The summed E-state index contributed by atoms with van der Waals surface area (Å²) in [7, 11) is 1.75. The van der Waals surface area contributed by atoms with Crippen LogP contribution in [0.3, 0.4) is 0 Å². The van der Waals surface area contributed by atoms with Gasteiger partial charge in [0.2, 0.25) is 0 Å². The van der Waals surface area contributed by atoms with Gasteiger partial charge in [0.05, 0.1) is 17.5 Å². The maximum atomic E-state index is 5.57. The van der Waals surface area contributed by atoms with E-state index in [-0.39, 0.29) is 0 Å². The van der Waals surface area contributed by atoms with Crippen molar-refractivity contribution in [3.63, 3.8) is 0 Å². The first-order valence-corrected chi connectivity index (χ1v) is 10.5. The molecular formula is C23H25N7O. The lowest BCUT2D eigenvalue weighted by atomic mass is 10.2. The number of aryl methyl sites for hydroxylation is 1. The molecule has 31 heavy (non-hydrogen) atoms. The minimum atomic E-state index is 0.709. The van der Waals surface area contributed by atoms with Crippen molar-refractivity contribution < 1.29 is 4.42 Å². The summed E-state index contributed by atoms with van der Waals surface area (Å²) in [6.45, 7) is 6.81. The average molecular weight is 416 g/mol. The van der Waals surface area contributed by atoms with E-state index in [9.17, 15) is 0 Å². The summed E-state index contributed by atoms with van der Waals surface area (Å²) in [5, 5.41) is 4.66. The molecule has 0 N–H and O–H groups in total. The van der Waals surface area contributed by atoms with Crippen LogP contribution in [0, 0.1) is 6.92 Å². The third-order valence-corrected chi connectivity index (χ3v) is 5.71. The van der Waals surface area contributed by atoms with Crippen molar-refractivity contribution in [3.8, 4) is 11.5 Å². The average Bonchev–Trinajstić information content (AvgIpc) is 3.44. The number of aromatic nitrogens is 4. The summed E-state index contributed by atoms with van der Waals surface area (Å²) in [6.07, 6.45) is 7.28. The molecule has 1 saturated heterocycles. The summed E-state index contributed by atoms with van der Waals surface area (Å²) < 4.78 is 7.36. The molecule has 0 radical (unpaired) electrons. The highest BCUT2D eigenvalue weighted by Gasteiger charge is 2.21. The molecular weight excluding hydrogens is 390 g/mol. The Balaban J connectivity index is 1.36. The van der Waals surface area contributed by atoms with Gasteiger partial charge in [-0.1, -0.05) is 6.07 Å². The molecule has 1 fully saturated rings. The molecule has 0 amide bonds. The maximum Gasteiger partial charge on any atom is 0.166 e. The summed E-state index contributed by atoms with van der Waals surface area (Å²) >= 11 is 0. The first-order chi connectivity index (χ1) is 15.2. The molecule has 0 unspecified atom stereocenters. The first kappa shape index (κ1) is 19.4. The van der Waals surface area contributed by atoms with E-state index in [1.807, 2.05) is 36.7 Å². The van der Waals surface area contributed by atoms with Gasteiger partial charge < -0.3 is 9.32 Å². The van der Waals surface area contributed by atoms with E-state index in [4.69, 9.17) is 9.40 Å². The highest BCUT2D eigenvalue weighted by Crippen LogP contribution is 2.26. The fraction of sp³-hybridized carbons (Fsp3) is 0.304. The van der Waals surface area contributed by atoms with E-state index in [2.05, 4.69) is 37.9 Å². The zero-order valence-electron chi connectivity index (χ0n) is 17.8. The van der Waals surface area contributed by atoms with Crippen molar-refractivity contribution in [3.05, 3.63) is 65.8 Å². The van der Waals surface area contributed by atoms with Gasteiger partial charge in [0, 0.05) is 58.4 Å². The topological polar surface area (TPSA) is 75.1 Å². The van der Waals surface area contributed by atoms with Gasteiger partial charge in [0.1, 0.15) is 11.5 Å². The summed E-state index contributed by atoms with van der Waals surface area (Å²) in [6, 6.07) is 9.90. The van der Waals surface area contributed by atoms with Crippen LogP contribution in [0.1, 0.15) is 16.8 Å². The molecule has 0 atom stereocenters. The Kier molecular flexibility index (Phi) is 5.21. The minimum Gasteiger partial charge on any atom is -0.463 e. The third-order valence-electron chi connectivity index (χ3n) is 5.71. The Hall–Kier alpha value is -3.52. The molecule has 8 heteroatoms. The summed E-state index contributed by atoms with van der Waals surface area (Å²) in [5.74, 6) is 1.66. The van der Waals surface area contributed by atoms with E-state index >= 15 is 0 Å². The van der Waals surface area contributed by atoms with Crippen LogP contribution in [0.4, 0.5) is 5.82 Å². The van der Waals surface area contributed by atoms with Gasteiger partial charge in [0.25, 0.3) is 0 Å². The monoisotopic (exact) mass is 415 g/mol. The quantitative estimate of drug-likeness (QED) is 0.467. The van der Waals surface area contributed by atoms with Crippen LogP contribution >= 0.6 is 0 Å². The molecule has 0 saturated carbocycles. The molecule has 0 aromatic carbocycles. The van der Waals surface area contributed by atoms with Crippen LogP contribution in [0.2, 0.25) is 0 Å². The number of anilines is 1. The zero-order chi connectivity index (χ0) is 21.2. The number of rotatable bonds is 5. The molecule has 5 rings (SSSR count). The van der Waals surface area contributed by atoms with Crippen LogP contribution in [0.5, 0.6) is 0 Å². The third kappa shape index (κ3) is 3.82. The fourth-order valence-electron chi connectivity index (χ4n) is 3.99. The number of fused-ring (bicyclic) bond motifs is 1. The normalized spacial score (nSPS) is 15.4. The molecule has 158 valence electrons. The number of aliphatic imine (C=N–C) groups is 1. The largest absolute Gasteiger partial charge is 0.463 e. The predicted octanol–water partition coefficient (Wildman–Crippen LogP) is 3.06. The Labute approximate surface area is 180 Å². The number of pyridine rings is 1. The van der Waals surface area contributed by atoms with E-state index in [0.29, 0.717) is 5.76 Å². The Bertz CT molecular complexity index is 1200. The molecule has 1 aliphatic rings. The molecule has 4 aromatic rings. The van der Waals surface area contributed by atoms with Crippen molar-refractivity contribution in [2.75, 3.05) is 38.1 Å². The highest BCUT2D eigenvalue weighted by molar-refractivity contribution is 5.95. The van der Waals surface area contributed by atoms with Crippen molar-refractivity contribution in [1.29, 1.82) is 0 Å². The van der Waals surface area contributed by atoms with Gasteiger partial charge >= 0.3 is 0 Å². The van der Waals surface area contributed by atoms with Gasteiger partial charge in [-0.05, 0) is 36.8 Å². The lowest BCUT2D eigenvalue weighted by Crippen LogP contribution is -2.46. The SMILES string of the molecule is C/N=C\c1c(-c2ccco2)nn2ccc(N3CCN(Cc4ncccc4C)CC3)nc12. The van der Waals surface area contributed by atoms with E-state index < -0.39 is 0 Å². The maximum absolute atomic E-state index is 5.57. The zero-order valence-corrected chi connectivity index (χ0v) is 17.8. The Morgan fingerprint density at radius 2 is 2.00 bits per heavy atom. The number of hydrogen-bond acceptors (Lipinski definition) is 7. The second-order valence-electron chi connectivity index (χ2n) is 7.71. The standard InChI is InChI=1S/C23H25N7O/c1-17-5-3-8-25-19(17)16-28-10-12-29(13-11-28)21-7-9-30-23(26-21)18(15-24-2)22(27-30)20-6-4-14-31-20/h3-9,14-15H,10-13,16H2,1-2H3/b24-15-. The Morgan fingerprint density at radius 1 is 1.13 bits per heavy atom. The molecule has 0 aliphatic carbocycles. The number of nitrogens with zero attached hydrogens (tertiary/aromatic N) is 7. The number of furan rings is 1. The summed E-state index contributed by atoms with van der Waals surface area (Å²) in [5.41, 5.74) is 4.79. The van der Waals surface area contributed by atoms with E-state index in [0.717, 1.165) is 61.1 Å². The molecule has 0 bridgehead atoms. The lowest BCUT2D eigenvalue weighted by Gasteiger charge is -2.35. The van der Waals surface area contributed by atoms with Crippen LogP contribution in [0.25, 0.3) is 17.1 Å². The van der Waals surface area contributed by atoms with Gasteiger partial charge in [0.15, 0.2) is 11.4 Å². The van der Waals surface area contributed by atoms with Crippen LogP contribution < -0.4 is 4.90 Å². The van der Waals surface area contributed by atoms with Gasteiger partial charge in [-0.15, -0.1) is 0 Å². The first-order valence-electron chi connectivity index (χ1n) is 10.5. The second-order valence-corrected chi connectivity index (χ2v) is 7.71. The molecule has 8 nitrogen and oxygen atoms in total. The number of piperazine rings is 1. The number of hydrogen-bond donors (Lipinski definition) is 0. The van der Waals surface area contributed by atoms with Gasteiger partial charge in [-0.2, -0.15) is 5.10 Å². The van der Waals surface area contributed by atoms with Crippen LogP contribution in [0.15, 0.2) is 58.4 Å². The van der Waals surface area contributed by atoms with Gasteiger partial charge in [-0.25, -0.2) is 9.50 Å². The minimum absolute atomic E-state index is 0.709. The predicted molar refractivity (Wildman–Crippen MR) is 121 cm³/mol. The van der Waals surface area contributed by atoms with Crippen molar-refractivity contribution >= 4 is 17.7 Å². The molecule has 1 aliphatic heterocycles. The van der Waals surface area contributed by atoms with E-state index in [1.54, 1.807) is 24.0 Å². The van der Waals surface area contributed by atoms with Gasteiger partial charge in [-0.3, -0.25) is 14.9 Å². The van der Waals surface area contributed by atoms with Crippen LogP contribution in [-0.4, -0.2) is 63.9 Å². The smallest absolute Gasteiger partial charge is 0.166 e. The van der Waals surface area contributed by atoms with Crippen molar-refractivity contribution in [2.45, 2.75) is 13.5 Å². The fourth-order valence-corrected chi connectivity index (χ4v) is 3.99. The molecule has 4 aromatic heterocycles. The molecule has 0 spiro atoms. The molecule has 5 heterocycles. The lowest BCUT2D eigenvalue weighted by molar-refractivity contribution is 0.246.